The summed E-state index contributed by atoms with van der Waals surface area (Å²) in [5.74, 6) is 0.588. The average molecular weight is 262 g/mol. The van der Waals surface area contributed by atoms with E-state index in [2.05, 4.69) is 12.2 Å². The summed E-state index contributed by atoms with van der Waals surface area (Å²) in [6.07, 6.45) is 4.65. The second kappa shape index (κ2) is 6.71. The van der Waals surface area contributed by atoms with E-state index in [4.69, 9.17) is 0 Å². The van der Waals surface area contributed by atoms with Gasteiger partial charge in [0.1, 0.15) is 0 Å². The monoisotopic (exact) mass is 262 g/mol. The van der Waals surface area contributed by atoms with Crippen LogP contribution in [0.1, 0.15) is 39.5 Å². The van der Waals surface area contributed by atoms with Crippen molar-refractivity contribution in [2.45, 2.75) is 44.8 Å². The van der Waals surface area contributed by atoms with Gasteiger partial charge in [-0.05, 0) is 38.6 Å². The molecule has 1 atom stereocenters. The Morgan fingerprint density at radius 2 is 2.06 bits per heavy atom. The zero-order valence-corrected chi connectivity index (χ0v) is 12.1. The third-order valence-electron chi connectivity index (χ3n) is 3.54. The number of nitrogens with one attached hydrogen (secondary N) is 1. The zero-order valence-electron chi connectivity index (χ0n) is 11.3. The van der Waals surface area contributed by atoms with E-state index in [0.717, 1.165) is 13.0 Å². The standard InChI is InChI=1S/C12H26N2O2S/c1-4-8-13-9-11(2)17(15,16)14(3)10-12-6-5-7-12/h11-13H,4-10H2,1-3H3. The lowest BCUT2D eigenvalue weighted by Gasteiger charge is -2.31. The highest BCUT2D eigenvalue weighted by atomic mass is 32.2. The smallest absolute Gasteiger partial charge is 0.217 e. The first-order valence-electron chi connectivity index (χ1n) is 6.64. The molecule has 0 amide bonds. The Morgan fingerprint density at radius 1 is 1.41 bits per heavy atom. The van der Waals surface area contributed by atoms with Gasteiger partial charge in [-0.25, -0.2) is 12.7 Å². The van der Waals surface area contributed by atoms with E-state index in [1.54, 1.807) is 18.3 Å². The van der Waals surface area contributed by atoms with E-state index < -0.39 is 10.0 Å². The lowest BCUT2D eigenvalue weighted by atomic mass is 9.86. The molecule has 1 saturated carbocycles. The maximum atomic E-state index is 12.2. The second-order valence-corrected chi connectivity index (χ2v) is 7.60. The molecular formula is C12H26N2O2S. The number of hydrogen-bond donors (Lipinski definition) is 1. The first-order valence-corrected chi connectivity index (χ1v) is 8.14. The van der Waals surface area contributed by atoms with Crippen molar-refractivity contribution in [2.24, 2.45) is 5.92 Å². The minimum atomic E-state index is -3.12. The molecule has 0 radical (unpaired) electrons. The summed E-state index contributed by atoms with van der Waals surface area (Å²) in [5.41, 5.74) is 0. The minimum absolute atomic E-state index is 0.334. The van der Waals surface area contributed by atoms with E-state index in [1.807, 2.05) is 0 Å². The van der Waals surface area contributed by atoms with Crippen molar-refractivity contribution in [2.75, 3.05) is 26.7 Å². The summed E-state index contributed by atoms with van der Waals surface area (Å²) in [6, 6.07) is 0. The fourth-order valence-electron chi connectivity index (χ4n) is 2.04. The van der Waals surface area contributed by atoms with Crippen LogP contribution in [0.4, 0.5) is 0 Å². The van der Waals surface area contributed by atoms with Crippen molar-refractivity contribution in [3.8, 4) is 0 Å². The van der Waals surface area contributed by atoms with Gasteiger partial charge in [-0.1, -0.05) is 13.3 Å². The molecule has 1 unspecified atom stereocenters. The number of nitrogens with zero attached hydrogens (tertiary/aromatic N) is 1. The Balaban J connectivity index is 2.41. The van der Waals surface area contributed by atoms with Gasteiger partial charge in [-0.15, -0.1) is 0 Å². The minimum Gasteiger partial charge on any atom is -0.315 e. The Kier molecular flexibility index (Phi) is 5.89. The summed E-state index contributed by atoms with van der Waals surface area (Å²) < 4.78 is 25.9. The van der Waals surface area contributed by atoms with Crippen LogP contribution < -0.4 is 5.32 Å². The average Bonchev–Trinajstić information content (AvgIpc) is 2.23. The molecule has 4 nitrogen and oxygen atoms in total. The molecule has 0 heterocycles. The highest BCUT2D eigenvalue weighted by molar-refractivity contribution is 7.89. The molecule has 1 N–H and O–H groups in total. The van der Waals surface area contributed by atoms with Crippen molar-refractivity contribution in [1.82, 2.24) is 9.62 Å². The van der Waals surface area contributed by atoms with Gasteiger partial charge in [0, 0.05) is 20.1 Å². The summed E-state index contributed by atoms with van der Waals surface area (Å²) in [5, 5.41) is 2.84. The molecule has 0 aliphatic heterocycles. The molecule has 0 aromatic carbocycles. The van der Waals surface area contributed by atoms with Crippen LogP contribution >= 0.6 is 0 Å². The lowest BCUT2D eigenvalue weighted by molar-refractivity contribution is 0.262. The molecule has 17 heavy (non-hydrogen) atoms. The van der Waals surface area contributed by atoms with Crippen molar-refractivity contribution in [3.63, 3.8) is 0 Å². The summed E-state index contributed by atoms with van der Waals surface area (Å²) >= 11 is 0. The van der Waals surface area contributed by atoms with Gasteiger partial charge in [0.05, 0.1) is 5.25 Å². The zero-order chi connectivity index (χ0) is 12.9. The highest BCUT2D eigenvalue weighted by Crippen LogP contribution is 2.27. The van der Waals surface area contributed by atoms with Gasteiger partial charge < -0.3 is 5.32 Å². The summed E-state index contributed by atoms with van der Waals surface area (Å²) in [6.45, 7) is 5.99. The van der Waals surface area contributed by atoms with Crippen molar-refractivity contribution >= 4 is 10.0 Å². The quantitative estimate of drug-likeness (QED) is 0.673. The molecule has 1 rings (SSSR count). The predicted octanol–water partition coefficient (Wildman–Crippen LogP) is 1.44. The molecule has 5 heteroatoms. The highest BCUT2D eigenvalue weighted by Gasteiger charge is 2.29. The molecular weight excluding hydrogens is 236 g/mol. The van der Waals surface area contributed by atoms with Crippen LogP contribution in [0.2, 0.25) is 0 Å². The molecule has 0 aromatic rings. The van der Waals surface area contributed by atoms with Gasteiger partial charge in [0.25, 0.3) is 0 Å². The van der Waals surface area contributed by atoms with Gasteiger partial charge in [0.2, 0.25) is 10.0 Å². The van der Waals surface area contributed by atoms with Crippen LogP contribution in [-0.4, -0.2) is 44.7 Å². The molecule has 1 fully saturated rings. The maximum absolute atomic E-state index is 12.2. The summed E-state index contributed by atoms with van der Waals surface area (Å²) in [7, 11) is -1.41. The first-order chi connectivity index (χ1) is 7.98. The van der Waals surface area contributed by atoms with E-state index >= 15 is 0 Å². The van der Waals surface area contributed by atoms with Crippen molar-refractivity contribution < 1.29 is 8.42 Å². The van der Waals surface area contributed by atoms with Crippen LogP contribution in [-0.2, 0) is 10.0 Å². The largest absolute Gasteiger partial charge is 0.315 e. The molecule has 0 bridgehead atoms. The third kappa shape index (κ3) is 4.23. The van der Waals surface area contributed by atoms with Crippen LogP contribution in [0.5, 0.6) is 0 Å². The van der Waals surface area contributed by atoms with E-state index in [0.29, 0.717) is 19.0 Å². The number of sulfonamides is 1. The molecule has 0 spiro atoms. The fraction of sp³-hybridized carbons (Fsp3) is 1.00. The Labute approximate surface area is 106 Å². The number of rotatable bonds is 8. The molecule has 1 aliphatic rings. The van der Waals surface area contributed by atoms with E-state index in [1.165, 1.54) is 19.3 Å². The fourth-order valence-corrected chi connectivity index (χ4v) is 3.40. The SMILES string of the molecule is CCCNCC(C)S(=O)(=O)N(C)CC1CCC1. The molecule has 1 aliphatic carbocycles. The molecule has 0 aromatic heterocycles. The Morgan fingerprint density at radius 3 is 2.53 bits per heavy atom. The van der Waals surface area contributed by atoms with E-state index in [9.17, 15) is 8.42 Å². The topological polar surface area (TPSA) is 49.4 Å². The van der Waals surface area contributed by atoms with Crippen LogP contribution in [0.15, 0.2) is 0 Å². The van der Waals surface area contributed by atoms with Crippen molar-refractivity contribution in [1.29, 1.82) is 0 Å². The first kappa shape index (κ1) is 14.9. The van der Waals surface area contributed by atoms with Gasteiger partial charge >= 0.3 is 0 Å². The van der Waals surface area contributed by atoms with Crippen LogP contribution in [0, 0.1) is 5.92 Å². The van der Waals surface area contributed by atoms with Gasteiger partial charge in [0.15, 0.2) is 0 Å². The van der Waals surface area contributed by atoms with Crippen LogP contribution in [0.25, 0.3) is 0 Å². The summed E-state index contributed by atoms with van der Waals surface area (Å²) in [4.78, 5) is 0. The number of hydrogen-bond acceptors (Lipinski definition) is 3. The Bertz CT molecular complexity index is 312. The van der Waals surface area contributed by atoms with Crippen LogP contribution in [0.3, 0.4) is 0 Å². The molecule has 0 saturated heterocycles. The lowest BCUT2D eigenvalue weighted by Crippen LogP contribution is -2.42. The van der Waals surface area contributed by atoms with E-state index in [-0.39, 0.29) is 5.25 Å². The van der Waals surface area contributed by atoms with Crippen molar-refractivity contribution in [3.05, 3.63) is 0 Å². The molecule has 102 valence electrons. The second-order valence-electron chi connectivity index (χ2n) is 5.14. The third-order valence-corrected chi connectivity index (χ3v) is 5.74. The predicted molar refractivity (Wildman–Crippen MR) is 71.5 cm³/mol. The maximum Gasteiger partial charge on any atom is 0.217 e. The van der Waals surface area contributed by atoms with Gasteiger partial charge in [-0.3, -0.25) is 0 Å². The normalized spacial score (nSPS) is 19.3. The van der Waals surface area contributed by atoms with Gasteiger partial charge in [-0.2, -0.15) is 0 Å². The Hall–Kier alpha value is -0.130.